The van der Waals surface area contributed by atoms with Crippen LogP contribution in [0.2, 0.25) is 0 Å². The summed E-state index contributed by atoms with van der Waals surface area (Å²) in [6, 6.07) is 8.99. The Morgan fingerprint density at radius 1 is 1.22 bits per heavy atom. The van der Waals surface area contributed by atoms with Crippen LogP contribution in [0.5, 0.6) is 0 Å². The van der Waals surface area contributed by atoms with Gasteiger partial charge in [0.15, 0.2) is 5.78 Å². The Hall–Kier alpha value is -1.37. The van der Waals surface area contributed by atoms with Crippen molar-refractivity contribution in [2.75, 3.05) is 0 Å². The number of hydrogen-bond donors (Lipinski definition) is 0. The van der Waals surface area contributed by atoms with Crippen LogP contribution in [0.25, 0.3) is 5.70 Å². The van der Waals surface area contributed by atoms with Crippen molar-refractivity contribution in [3.63, 3.8) is 0 Å². The van der Waals surface area contributed by atoms with Crippen LogP contribution in [0, 0.1) is 5.92 Å². The highest BCUT2D eigenvalue weighted by molar-refractivity contribution is 14.1. The zero-order chi connectivity index (χ0) is 17.4. The smallest absolute Gasteiger partial charge is 0.415 e. The van der Waals surface area contributed by atoms with Crippen LogP contribution in [0.15, 0.2) is 33.9 Å². The number of rotatable bonds is 2. The van der Waals surface area contributed by atoms with Crippen LogP contribution in [0.4, 0.5) is 4.79 Å². The fourth-order valence-electron chi connectivity index (χ4n) is 2.59. The molecule has 124 valence electrons. The summed E-state index contributed by atoms with van der Waals surface area (Å²) in [6.07, 6.45) is -0.477. The van der Waals surface area contributed by atoms with Crippen molar-refractivity contribution in [3.8, 4) is 0 Å². The minimum absolute atomic E-state index is 0.000923. The molecule has 1 atom stereocenters. The molecule has 1 aromatic rings. The Bertz CT molecular complexity index is 644. The van der Waals surface area contributed by atoms with Crippen molar-refractivity contribution in [2.24, 2.45) is 5.92 Å². The van der Waals surface area contributed by atoms with Crippen molar-refractivity contribution >= 4 is 40.2 Å². The van der Waals surface area contributed by atoms with E-state index in [0.29, 0.717) is 9.28 Å². The number of carbonyl (C=O) groups excluding carboxylic acids is 2. The third-order valence-corrected chi connectivity index (χ3v) is 4.52. The first kappa shape index (κ1) is 18.0. The second-order valence-electron chi connectivity index (χ2n) is 6.93. The van der Waals surface area contributed by atoms with E-state index in [4.69, 9.17) is 4.74 Å². The van der Waals surface area contributed by atoms with Crippen molar-refractivity contribution in [3.05, 3.63) is 39.5 Å². The minimum Gasteiger partial charge on any atom is -0.443 e. The molecule has 5 heteroatoms. The molecule has 1 heterocycles. The second kappa shape index (κ2) is 6.63. The number of benzene rings is 1. The highest BCUT2D eigenvalue weighted by atomic mass is 127. The molecule has 0 N–H and O–H groups in total. The first-order valence-corrected chi connectivity index (χ1v) is 8.73. The van der Waals surface area contributed by atoms with Gasteiger partial charge in [-0.3, -0.25) is 9.69 Å². The number of hydrogen-bond acceptors (Lipinski definition) is 3. The SMILES string of the molecule is CC(C)[C@H]1C(=O)C(I)=C(c2ccccc2)N1C(=O)OC(C)(C)C. The van der Waals surface area contributed by atoms with Crippen LogP contribution in [-0.2, 0) is 9.53 Å². The molecule has 0 saturated heterocycles. The molecule has 1 amide bonds. The lowest BCUT2D eigenvalue weighted by molar-refractivity contribution is -0.118. The van der Waals surface area contributed by atoms with Gasteiger partial charge in [0.25, 0.3) is 0 Å². The lowest BCUT2D eigenvalue weighted by Gasteiger charge is -2.31. The van der Waals surface area contributed by atoms with E-state index < -0.39 is 17.7 Å². The maximum atomic E-state index is 12.8. The first-order valence-electron chi connectivity index (χ1n) is 7.65. The number of ether oxygens (including phenoxy) is 1. The molecule has 1 aliphatic heterocycles. The van der Waals surface area contributed by atoms with Gasteiger partial charge in [-0.1, -0.05) is 44.2 Å². The third-order valence-electron chi connectivity index (χ3n) is 3.48. The van der Waals surface area contributed by atoms with Crippen molar-refractivity contribution < 1.29 is 14.3 Å². The molecule has 0 aromatic heterocycles. The Balaban J connectivity index is 2.51. The number of nitrogens with zero attached hydrogens (tertiary/aromatic N) is 1. The van der Waals surface area contributed by atoms with Gasteiger partial charge in [-0.2, -0.15) is 0 Å². The van der Waals surface area contributed by atoms with E-state index in [0.717, 1.165) is 5.56 Å². The second-order valence-corrected chi connectivity index (χ2v) is 8.01. The van der Waals surface area contributed by atoms with Gasteiger partial charge in [-0.05, 0) is 54.8 Å². The highest BCUT2D eigenvalue weighted by Gasteiger charge is 2.45. The molecule has 0 unspecified atom stereocenters. The van der Waals surface area contributed by atoms with E-state index in [1.807, 2.05) is 87.5 Å². The largest absolute Gasteiger partial charge is 0.443 e. The highest BCUT2D eigenvalue weighted by Crippen LogP contribution is 2.40. The summed E-state index contributed by atoms with van der Waals surface area (Å²) < 4.78 is 6.13. The summed E-state index contributed by atoms with van der Waals surface area (Å²) >= 11 is 2.04. The fraction of sp³-hybridized carbons (Fsp3) is 0.444. The summed E-state index contributed by atoms with van der Waals surface area (Å²) in [6.45, 7) is 9.35. The van der Waals surface area contributed by atoms with Gasteiger partial charge >= 0.3 is 6.09 Å². The molecular weight excluding hydrogens is 405 g/mol. The predicted molar refractivity (Wildman–Crippen MR) is 99.1 cm³/mol. The lowest BCUT2D eigenvalue weighted by atomic mass is 10.0. The molecule has 1 aliphatic rings. The van der Waals surface area contributed by atoms with Crippen LogP contribution in [0.1, 0.15) is 40.2 Å². The third kappa shape index (κ3) is 3.76. The van der Waals surface area contributed by atoms with Gasteiger partial charge in [0, 0.05) is 0 Å². The summed E-state index contributed by atoms with van der Waals surface area (Å²) in [4.78, 5) is 27.0. The summed E-state index contributed by atoms with van der Waals surface area (Å²) in [5.41, 5.74) is 0.876. The van der Waals surface area contributed by atoms with Gasteiger partial charge < -0.3 is 4.74 Å². The van der Waals surface area contributed by atoms with E-state index in [9.17, 15) is 9.59 Å². The molecule has 0 aliphatic carbocycles. The molecule has 4 nitrogen and oxygen atoms in total. The molecular formula is C18H22INO3. The molecule has 0 saturated carbocycles. The zero-order valence-corrected chi connectivity index (χ0v) is 16.2. The van der Waals surface area contributed by atoms with Gasteiger partial charge in [-0.25, -0.2) is 4.79 Å². The molecule has 0 fully saturated rings. The van der Waals surface area contributed by atoms with E-state index in [1.165, 1.54) is 4.90 Å². The van der Waals surface area contributed by atoms with Gasteiger partial charge in [0.1, 0.15) is 11.6 Å². The summed E-state index contributed by atoms with van der Waals surface area (Å²) in [5.74, 6) is -0.0219. The maximum absolute atomic E-state index is 12.8. The molecule has 0 spiro atoms. The van der Waals surface area contributed by atoms with E-state index >= 15 is 0 Å². The van der Waals surface area contributed by atoms with Crippen LogP contribution < -0.4 is 0 Å². The quantitative estimate of drug-likeness (QED) is 0.647. The molecule has 0 bridgehead atoms. The Kier molecular flexibility index (Phi) is 5.18. The monoisotopic (exact) mass is 427 g/mol. The molecule has 0 radical (unpaired) electrons. The first-order chi connectivity index (χ1) is 10.6. The topological polar surface area (TPSA) is 46.6 Å². The summed E-state index contributed by atoms with van der Waals surface area (Å²) in [7, 11) is 0. The lowest BCUT2D eigenvalue weighted by Crippen LogP contribution is -2.44. The number of ketones is 1. The van der Waals surface area contributed by atoms with Gasteiger partial charge in [-0.15, -0.1) is 0 Å². The maximum Gasteiger partial charge on any atom is 0.415 e. The number of carbonyl (C=O) groups is 2. The van der Waals surface area contributed by atoms with Crippen LogP contribution in [-0.4, -0.2) is 28.4 Å². The Morgan fingerprint density at radius 3 is 2.26 bits per heavy atom. The Morgan fingerprint density at radius 2 is 1.78 bits per heavy atom. The average Bonchev–Trinajstić information content (AvgIpc) is 2.71. The van der Waals surface area contributed by atoms with Gasteiger partial charge in [0.2, 0.25) is 0 Å². The standard InChI is InChI=1S/C18H22INO3/c1-11(2)14-16(21)13(19)15(12-9-7-6-8-10-12)20(14)17(22)23-18(3,4)5/h6-11,14H,1-5H3/t14-/m0/s1. The van der Waals surface area contributed by atoms with Crippen molar-refractivity contribution in [1.29, 1.82) is 0 Å². The average molecular weight is 427 g/mol. The normalized spacial score (nSPS) is 18.8. The number of Topliss-reactive ketones (excluding diaryl/α,β-unsaturated/α-hetero) is 1. The fourth-order valence-corrected chi connectivity index (χ4v) is 3.48. The molecule has 1 aromatic carbocycles. The summed E-state index contributed by atoms with van der Waals surface area (Å²) in [5, 5.41) is 0. The Labute approximate surface area is 151 Å². The predicted octanol–water partition coefficient (Wildman–Crippen LogP) is 4.63. The van der Waals surface area contributed by atoms with Crippen LogP contribution in [0.3, 0.4) is 0 Å². The van der Waals surface area contributed by atoms with Crippen molar-refractivity contribution in [2.45, 2.75) is 46.3 Å². The van der Waals surface area contributed by atoms with E-state index in [2.05, 4.69) is 0 Å². The minimum atomic E-state index is -0.614. The van der Waals surface area contributed by atoms with Gasteiger partial charge in [0.05, 0.1) is 9.28 Å². The van der Waals surface area contributed by atoms with E-state index in [-0.39, 0.29) is 11.7 Å². The number of halogens is 1. The van der Waals surface area contributed by atoms with Crippen LogP contribution >= 0.6 is 22.6 Å². The zero-order valence-electron chi connectivity index (χ0n) is 14.1. The molecule has 23 heavy (non-hydrogen) atoms. The van der Waals surface area contributed by atoms with E-state index in [1.54, 1.807) is 0 Å². The number of amides is 1. The molecule has 2 rings (SSSR count). The van der Waals surface area contributed by atoms with Crippen molar-refractivity contribution in [1.82, 2.24) is 4.90 Å².